The fourth-order valence-electron chi connectivity index (χ4n) is 6.33. The van der Waals surface area contributed by atoms with Gasteiger partial charge in [0.05, 0.1) is 19.6 Å². The zero-order valence-corrected chi connectivity index (χ0v) is 22.4. The average molecular weight is 437 g/mol. The first-order chi connectivity index (χ1) is 14.1. The number of carbonyl (C=O) groups is 1. The van der Waals surface area contributed by atoms with Crippen molar-refractivity contribution in [3.63, 3.8) is 0 Å². The molecular weight excluding hydrogens is 403 g/mol. The number of fused-ring (bicyclic) bond motifs is 4. The number of methoxy groups -OCH3 is 2. The van der Waals surface area contributed by atoms with Crippen LogP contribution in [0.2, 0.25) is 0 Å². The molecule has 4 heterocycles. The van der Waals surface area contributed by atoms with Crippen LogP contribution in [0.25, 0.3) is 10.9 Å². The molecule has 6 rings (SSSR count). The summed E-state index contributed by atoms with van der Waals surface area (Å²) < 4.78 is 10.9. The minimum atomic E-state index is -0.630. The van der Waals surface area contributed by atoms with Gasteiger partial charge in [-0.1, -0.05) is 38.8 Å². The summed E-state index contributed by atoms with van der Waals surface area (Å²) in [5, 5.41) is 1.13. The van der Waals surface area contributed by atoms with Crippen molar-refractivity contribution in [1.29, 1.82) is 0 Å². The van der Waals surface area contributed by atoms with Crippen molar-refractivity contribution < 1.29 is 65.7 Å². The van der Waals surface area contributed by atoms with Crippen molar-refractivity contribution in [3.05, 3.63) is 29.5 Å². The summed E-state index contributed by atoms with van der Waals surface area (Å²) in [6.45, 7) is 8.34. The maximum absolute atomic E-state index is 13.4. The zero-order valence-electron chi connectivity index (χ0n) is 19.3. The second kappa shape index (κ2) is 9.63. The smallest absolute Gasteiger partial charge is 0.660 e. The second-order valence-corrected chi connectivity index (χ2v) is 8.45. The molecule has 5 atom stereocenters. The second-order valence-electron chi connectivity index (χ2n) is 8.45. The van der Waals surface area contributed by atoms with Crippen LogP contribution in [0, 0.1) is 11.8 Å². The molecule has 0 amide bonds. The quantitative estimate of drug-likeness (QED) is 0.529. The predicted molar refractivity (Wildman–Crippen MR) is 114 cm³/mol. The summed E-state index contributed by atoms with van der Waals surface area (Å²) in [5.41, 5.74) is 2.54. The average Bonchev–Trinajstić information content (AvgIpc) is 3.11. The molecular formula is C24H33KN2O3. The molecule has 0 radical (unpaired) electrons. The third-order valence-electron chi connectivity index (χ3n) is 7.28. The van der Waals surface area contributed by atoms with Gasteiger partial charge in [0.25, 0.3) is 0 Å². The van der Waals surface area contributed by atoms with Crippen LogP contribution in [-0.2, 0) is 21.4 Å². The Kier molecular flexibility index (Phi) is 7.79. The Bertz CT molecular complexity index is 911. The van der Waals surface area contributed by atoms with Crippen LogP contribution in [0.4, 0.5) is 0 Å². The number of ether oxygens (including phenoxy) is 2. The first-order valence-corrected chi connectivity index (χ1v) is 11.1. The fraction of sp³-hybridized carbons (Fsp3) is 0.625. The molecule has 6 heteroatoms. The molecule has 1 aliphatic carbocycles. The van der Waals surface area contributed by atoms with Gasteiger partial charge in [0, 0.05) is 19.1 Å². The summed E-state index contributed by atoms with van der Waals surface area (Å²) >= 11 is 0. The summed E-state index contributed by atoms with van der Waals surface area (Å²) in [7, 11) is 3.22. The van der Waals surface area contributed by atoms with Crippen LogP contribution in [0.5, 0.6) is 5.75 Å². The fourth-order valence-corrected chi connectivity index (χ4v) is 6.33. The topological polar surface area (TPSA) is 52.9 Å². The maximum atomic E-state index is 13.4. The molecule has 3 aliphatic heterocycles. The Hall–Kier alpha value is -0.374. The van der Waals surface area contributed by atoms with E-state index in [4.69, 9.17) is 14.5 Å². The largest absolute Gasteiger partial charge is 1.00 e. The van der Waals surface area contributed by atoms with Crippen molar-refractivity contribution >= 4 is 16.9 Å². The number of aromatic nitrogens is 1. The molecule has 158 valence electrons. The molecule has 2 aromatic rings. The molecule has 4 bridgehead atoms. The zero-order chi connectivity index (χ0) is 20.8. The number of carbonyl (C=O) groups excluding carboxylic acids is 1. The van der Waals surface area contributed by atoms with Crippen molar-refractivity contribution in [2.75, 3.05) is 27.3 Å². The number of nitrogens with zero attached hydrogens (tertiary/aromatic N) is 2. The molecule has 0 spiro atoms. The molecule has 0 N–H and O–H groups in total. The van der Waals surface area contributed by atoms with Crippen LogP contribution in [0.3, 0.4) is 0 Å². The van der Waals surface area contributed by atoms with Gasteiger partial charge in [-0.15, -0.1) is 11.2 Å². The maximum Gasteiger partial charge on any atom is 1.00 e. The van der Waals surface area contributed by atoms with Gasteiger partial charge in [-0.05, 0) is 48.6 Å². The molecule has 30 heavy (non-hydrogen) atoms. The third-order valence-corrected chi connectivity index (χ3v) is 7.28. The number of hydrogen-bond donors (Lipinski definition) is 0. The van der Waals surface area contributed by atoms with E-state index in [0.29, 0.717) is 11.8 Å². The van der Waals surface area contributed by atoms with E-state index in [2.05, 4.69) is 17.9 Å². The molecule has 5 nitrogen and oxygen atoms in total. The van der Waals surface area contributed by atoms with Crippen molar-refractivity contribution in [3.8, 4) is 5.75 Å². The van der Waals surface area contributed by atoms with E-state index in [1.54, 1.807) is 7.11 Å². The Balaban J connectivity index is 0.000000830. The summed E-state index contributed by atoms with van der Waals surface area (Å²) in [6.07, 6.45) is 4.11. The van der Waals surface area contributed by atoms with Gasteiger partial charge in [-0.25, -0.2) is 0 Å². The van der Waals surface area contributed by atoms with E-state index in [1.165, 1.54) is 19.1 Å². The van der Waals surface area contributed by atoms with Gasteiger partial charge in [-0.3, -0.25) is 9.69 Å². The van der Waals surface area contributed by atoms with Crippen molar-refractivity contribution in [2.45, 2.75) is 57.9 Å². The Morgan fingerprint density at radius 1 is 1.30 bits per heavy atom. The van der Waals surface area contributed by atoms with E-state index in [0.717, 1.165) is 54.7 Å². The third kappa shape index (κ3) is 3.52. The van der Waals surface area contributed by atoms with Gasteiger partial charge >= 0.3 is 57.4 Å². The number of esters is 1. The first kappa shape index (κ1) is 24.3. The molecule has 1 aromatic heterocycles. The number of rotatable bonds is 3. The van der Waals surface area contributed by atoms with E-state index < -0.39 is 5.41 Å². The normalized spacial score (nSPS) is 31.0. The van der Waals surface area contributed by atoms with E-state index in [-0.39, 0.29) is 63.4 Å². The SMILES string of the molecule is CC.CCC1CC2CN3CCc4c([n-]c5ccc(OC)cc45)C(C(=O)OC)(C2)C13.[K+]. The molecule has 3 fully saturated rings. The van der Waals surface area contributed by atoms with Crippen LogP contribution < -0.4 is 61.1 Å². The van der Waals surface area contributed by atoms with Crippen molar-refractivity contribution in [2.24, 2.45) is 11.8 Å². The summed E-state index contributed by atoms with van der Waals surface area (Å²) in [6, 6.07) is 6.25. The molecule has 1 aromatic carbocycles. The standard InChI is InChI=1S/C22H27N2O3.C2H6.K/c1-4-14-9-13-11-22(21(25)27-3)19-16(7-8-24(12-13)20(14)22)17-10-15(26-2)5-6-18(17)23-19;1-2;/h5-6,10,13-14,20H,4,7-9,11-12H2,1-3H3;1-2H3;/q-1;;+1. The molecule has 1 saturated carbocycles. The summed E-state index contributed by atoms with van der Waals surface area (Å²) in [4.78, 5) is 21.0. The number of piperidine rings is 2. The van der Waals surface area contributed by atoms with Gasteiger partial charge in [0.15, 0.2) is 0 Å². The minimum Gasteiger partial charge on any atom is -0.660 e. The van der Waals surface area contributed by atoms with E-state index >= 15 is 0 Å². The van der Waals surface area contributed by atoms with Crippen LogP contribution >= 0.6 is 0 Å². The number of hydrogen-bond acceptors (Lipinski definition) is 4. The predicted octanol–water partition coefficient (Wildman–Crippen LogP) is 0.923. The van der Waals surface area contributed by atoms with Crippen LogP contribution in [0.15, 0.2) is 18.2 Å². The monoisotopic (exact) mass is 436 g/mol. The number of benzene rings is 1. The van der Waals surface area contributed by atoms with E-state index in [1.807, 2.05) is 26.0 Å². The molecule has 2 saturated heterocycles. The van der Waals surface area contributed by atoms with Gasteiger partial charge < -0.3 is 14.5 Å². The Morgan fingerprint density at radius 2 is 2.07 bits per heavy atom. The van der Waals surface area contributed by atoms with Crippen LogP contribution in [-0.4, -0.2) is 44.2 Å². The van der Waals surface area contributed by atoms with Gasteiger partial charge in [0.1, 0.15) is 5.75 Å². The van der Waals surface area contributed by atoms with Gasteiger partial charge in [-0.2, -0.15) is 0 Å². The van der Waals surface area contributed by atoms with E-state index in [9.17, 15) is 4.79 Å². The Morgan fingerprint density at radius 3 is 2.73 bits per heavy atom. The first-order valence-electron chi connectivity index (χ1n) is 11.1. The van der Waals surface area contributed by atoms with Gasteiger partial charge in [0.2, 0.25) is 0 Å². The molecule has 5 unspecified atom stereocenters. The summed E-state index contributed by atoms with van der Waals surface area (Å²) in [5.74, 6) is 1.81. The minimum absolute atomic E-state index is 0. The van der Waals surface area contributed by atoms with Crippen molar-refractivity contribution in [1.82, 2.24) is 9.88 Å². The molecule has 4 aliphatic rings. The Labute approximate surface area is 222 Å². The van der Waals surface area contributed by atoms with Crippen LogP contribution in [0.1, 0.15) is 51.3 Å².